The summed E-state index contributed by atoms with van der Waals surface area (Å²) in [4.78, 5) is 21.8. The third-order valence-electron chi connectivity index (χ3n) is 5.23. The van der Waals surface area contributed by atoms with Gasteiger partial charge in [-0.25, -0.2) is 4.98 Å². The Morgan fingerprint density at radius 1 is 1.37 bits per heavy atom. The number of benzene rings is 1. The van der Waals surface area contributed by atoms with Crippen LogP contribution in [0.3, 0.4) is 0 Å². The Morgan fingerprint density at radius 2 is 2.23 bits per heavy atom. The molecule has 1 fully saturated rings. The maximum Gasteiger partial charge on any atom is 0.253 e. The molecule has 0 spiro atoms. The molecule has 0 saturated carbocycles. The van der Waals surface area contributed by atoms with Crippen LogP contribution in [0.15, 0.2) is 48.9 Å². The van der Waals surface area contributed by atoms with Crippen molar-refractivity contribution >= 4 is 23.5 Å². The fourth-order valence-corrected chi connectivity index (χ4v) is 3.72. The van der Waals surface area contributed by atoms with Crippen molar-refractivity contribution in [3.05, 3.63) is 70.6 Å². The summed E-state index contributed by atoms with van der Waals surface area (Å²) in [6.45, 7) is 5.80. The molecule has 8 heteroatoms. The second-order valence-electron chi connectivity index (χ2n) is 7.59. The lowest BCUT2D eigenvalue weighted by Gasteiger charge is -2.14. The van der Waals surface area contributed by atoms with E-state index >= 15 is 0 Å². The molecule has 1 aliphatic heterocycles. The second-order valence-corrected chi connectivity index (χ2v) is 8.03. The van der Waals surface area contributed by atoms with Crippen LogP contribution in [0.5, 0.6) is 0 Å². The van der Waals surface area contributed by atoms with Crippen molar-refractivity contribution in [2.24, 2.45) is 0 Å². The largest absolute Gasteiger partial charge is 0.350 e. The van der Waals surface area contributed by atoms with Gasteiger partial charge < -0.3 is 20.5 Å². The molecular weight excluding hydrogens is 400 g/mol. The molecule has 156 valence electrons. The number of carbonyl (C=O) groups is 1. The zero-order chi connectivity index (χ0) is 21.1. The first-order valence-electron chi connectivity index (χ1n) is 10.0. The quantitative estimate of drug-likeness (QED) is 0.564. The minimum atomic E-state index is -0.156. The standard InChI is InChI=1S/C22H25ClN6O/c1-14-11-25-22(27-19-6-8-24-12-19)28-20(14)29-9-7-17(13-29)21(30)26-15(2)16-4-3-5-18(23)10-16/h3-5,7,9-11,13,15,19,24H,6,8,12H2,1-2H3,(H,26,30)(H,25,27,28)/t15-,19?/m1/s1. The number of halogens is 1. The molecule has 30 heavy (non-hydrogen) atoms. The van der Waals surface area contributed by atoms with Gasteiger partial charge in [0.05, 0.1) is 11.6 Å². The van der Waals surface area contributed by atoms with Crippen molar-refractivity contribution in [2.45, 2.75) is 32.4 Å². The summed E-state index contributed by atoms with van der Waals surface area (Å²) >= 11 is 6.06. The number of nitrogens with one attached hydrogen (secondary N) is 3. The predicted octanol–water partition coefficient (Wildman–Crippen LogP) is 3.49. The summed E-state index contributed by atoms with van der Waals surface area (Å²) in [6, 6.07) is 9.46. The van der Waals surface area contributed by atoms with E-state index in [1.807, 2.05) is 48.9 Å². The lowest BCUT2D eigenvalue weighted by Crippen LogP contribution is -2.26. The van der Waals surface area contributed by atoms with E-state index in [2.05, 4.69) is 25.9 Å². The SMILES string of the molecule is Cc1cnc(NC2CCNC2)nc1-n1ccc(C(=O)N[C@H](C)c2cccc(Cl)c2)c1. The molecule has 1 unspecified atom stereocenters. The fourth-order valence-electron chi connectivity index (χ4n) is 3.53. The smallest absolute Gasteiger partial charge is 0.253 e. The van der Waals surface area contributed by atoms with Gasteiger partial charge in [0.25, 0.3) is 5.91 Å². The molecule has 4 rings (SSSR count). The molecule has 3 N–H and O–H groups in total. The number of aryl methyl sites for hydroxylation is 1. The maximum atomic E-state index is 12.7. The Bertz CT molecular complexity index is 1040. The van der Waals surface area contributed by atoms with E-state index in [-0.39, 0.29) is 11.9 Å². The molecule has 1 amide bonds. The highest BCUT2D eigenvalue weighted by molar-refractivity contribution is 6.30. The van der Waals surface area contributed by atoms with Crippen LogP contribution >= 0.6 is 11.6 Å². The van der Waals surface area contributed by atoms with Crippen LogP contribution in [0.1, 0.15) is 40.9 Å². The van der Waals surface area contributed by atoms with Crippen LogP contribution in [0, 0.1) is 6.92 Å². The van der Waals surface area contributed by atoms with Gasteiger partial charge in [0, 0.05) is 41.8 Å². The summed E-state index contributed by atoms with van der Waals surface area (Å²) in [5.41, 5.74) is 2.45. The Hall–Kier alpha value is -2.90. The molecule has 0 radical (unpaired) electrons. The Balaban J connectivity index is 1.48. The number of hydrogen-bond acceptors (Lipinski definition) is 5. The van der Waals surface area contributed by atoms with Crippen LogP contribution in [0.2, 0.25) is 5.02 Å². The number of anilines is 1. The second kappa shape index (κ2) is 8.85. The van der Waals surface area contributed by atoms with Crippen molar-refractivity contribution in [3.8, 4) is 5.82 Å². The van der Waals surface area contributed by atoms with Gasteiger partial charge in [0.15, 0.2) is 0 Å². The van der Waals surface area contributed by atoms with Gasteiger partial charge in [-0.05, 0) is 50.6 Å². The van der Waals surface area contributed by atoms with Gasteiger partial charge in [-0.3, -0.25) is 4.79 Å². The van der Waals surface area contributed by atoms with Crippen molar-refractivity contribution in [2.75, 3.05) is 18.4 Å². The summed E-state index contributed by atoms with van der Waals surface area (Å²) < 4.78 is 1.86. The van der Waals surface area contributed by atoms with Gasteiger partial charge in [0.2, 0.25) is 5.95 Å². The zero-order valence-corrected chi connectivity index (χ0v) is 17.8. The average molecular weight is 425 g/mol. The normalized spacial score (nSPS) is 17.0. The summed E-state index contributed by atoms with van der Waals surface area (Å²) in [6.07, 6.45) is 6.48. The molecule has 7 nitrogen and oxygen atoms in total. The molecule has 2 atom stereocenters. The Morgan fingerprint density at radius 3 is 3.00 bits per heavy atom. The summed E-state index contributed by atoms with van der Waals surface area (Å²) in [7, 11) is 0. The van der Waals surface area contributed by atoms with Crippen molar-refractivity contribution in [3.63, 3.8) is 0 Å². The van der Waals surface area contributed by atoms with E-state index in [0.717, 1.165) is 36.5 Å². The van der Waals surface area contributed by atoms with Gasteiger partial charge in [0.1, 0.15) is 5.82 Å². The zero-order valence-electron chi connectivity index (χ0n) is 17.0. The predicted molar refractivity (Wildman–Crippen MR) is 118 cm³/mol. The van der Waals surface area contributed by atoms with Crippen molar-refractivity contribution in [1.82, 2.24) is 25.2 Å². The van der Waals surface area contributed by atoms with E-state index < -0.39 is 0 Å². The number of hydrogen-bond donors (Lipinski definition) is 3. The van der Waals surface area contributed by atoms with E-state index in [1.54, 1.807) is 18.5 Å². The first-order chi connectivity index (χ1) is 14.5. The van der Waals surface area contributed by atoms with Crippen LogP contribution in [0.25, 0.3) is 5.82 Å². The summed E-state index contributed by atoms with van der Waals surface area (Å²) in [5, 5.41) is 10.4. The molecule has 3 aromatic rings. The first kappa shape index (κ1) is 20.4. The molecule has 0 bridgehead atoms. The highest BCUT2D eigenvalue weighted by atomic mass is 35.5. The van der Waals surface area contributed by atoms with Crippen molar-refractivity contribution in [1.29, 1.82) is 0 Å². The van der Waals surface area contributed by atoms with Gasteiger partial charge in [-0.15, -0.1) is 0 Å². The topological polar surface area (TPSA) is 83.9 Å². The van der Waals surface area contributed by atoms with Gasteiger partial charge in [-0.1, -0.05) is 23.7 Å². The first-order valence-corrected chi connectivity index (χ1v) is 10.4. The molecule has 1 saturated heterocycles. The van der Waals surface area contributed by atoms with E-state index in [9.17, 15) is 4.79 Å². The van der Waals surface area contributed by atoms with Crippen LogP contribution in [0.4, 0.5) is 5.95 Å². The Labute approximate surface area is 180 Å². The molecule has 1 aliphatic rings. The fraction of sp³-hybridized carbons (Fsp3) is 0.318. The minimum Gasteiger partial charge on any atom is -0.350 e. The summed E-state index contributed by atoms with van der Waals surface area (Å²) in [5.74, 6) is 1.20. The number of rotatable bonds is 6. The average Bonchev–Trinajstić information content (AvgIpc) is 3.41. The monoisotopic (exact) mass is 424 g/mol. The number of amides is 1. The van der Waals surface area contributed by atoms with Crippen LogP contribution in [-0.2, 0) is 0 Å². The number of carbonyl (C=O) groups excluding carboxylic acids is 1. The third-order valence-corrected chi connectivity index (χ3v) is 5.47. The molecule has 3 heterocycles. The highest BCUT2D eigenvalue weighted by Crippen LogP contribution is 2.19. The van der Waals surface area contributed by atoms with Crippen LogP contribution < -0.4 is 16.0 Å². The van der Waals surface area contributed by atoms with E-state index in [1.165, 1.54) is 0 Å². The highest BCUT2D eigenvalue weighted by Gasteiger charge is 2.17. The molecule has 2 aromatic heterocycles. The molecule has 1 aromatic carbocycles. The lowest BCUT2D eigenvalue weighted by molar-refractivity contribution is 0.0940. The van der Waals surface area contributed by atoms with E-state index in [0.29, 0.717) is 22.6 Å². The Kier molecular flexibility index (Phi) is 6.01. The van der Waals surface area contributed by atoms with E-state index in [4.69, 9.17) is 11.6 Å². The van der Waals surface area contributed by atoms with Gasteiger partial charge >= 0.3 is 0 Å². The number of nitrogens with zero attached hydrogens (tertiary/aromatic N) is 3. The molecular formula is C22H25ClN6O. The third kappa shape index (κ3) is 4.63. The van der Waals surface area contributed by atoms with Crippen LogP contribution in [-0.4, -0.2) is 39.6 Å². The van der Waals surface area contributed by atoms with Crippen molar-refractivity contribution < 1.29 is 4.79 Å². The van der Waals surface area contributed by atoms with Gasteiger partial charge in [-0.2, -0.15) is 4.98 Å². The minimum absolute atomic E-state index is 0.150. The maximum absolute atomic E-state index is 12.7. The lowest BCUT2D eigenvalue weighted by atomic mass is 10.1. The molecule has 0 aliphatic carbocycles. The number of aromatic nitrogens is 3.